The predicted molar refractivity (Wildman–Crippen MR) is 71.2 cm³/mol. The highest BCUT2D eigenvalue weighted by Crippen LogP contribution is 2.35. The Hall–Kier alpha value is -0.550. The third kappa shape index (κ3) is 3.45. The molecule has 0 radical (unpaired) electrons. The Labute approximate surface area is 113 Å². The summed E-state index contributed by atoms with van der Waals surface area (Å²) in [7, 11) is 0. The highest BCUT2D eigenvalue weighted by Gasteiger charge is 2.26. The number of carboxylic acids is 1. The van der Waals surface area contributed by atoms with Gasteiger partial charge in [-0.25, -0.2) is 4.39 Å². The van der Waals surface area contributed by atoms with Crippen LogP contribution in [0.5, 0.6) is 0 Å². The molecule has 0 fully saturated rings. The molecule has 1 aromatic rings. The van der Waals surface area contributed by atoms with Crippen LogP contribution in [0, 0.1) is 5.82 Å². The Kier molecular flexibility index (Phi) is 4.61. The minimum atomic E-state index is -0.888. The lowest BCUT2D eigenvalue weighted by atomic mass is 9.81. The van der Waals surface area contributed by atoms with Gasteiger partial charge in [-0.2, -0.15) is 0 Å². The summed E-state index contributed by atoms with van der Waals surface area (Å²) in [4.78, 5) is 11.3. The molecule has 1 rings (SSSR count). The van der Waals surface area contributed by atoms with Crippen molar-refractivity contribution in [1.29, 1.82) is 0 Å². The molecule has 0 saturated carbocycles. The molecular formula is C12H14BrFO2S. The van der Waals surface area contributed by atoms with Gasteiger partial charge >= 0.3 is 5.97 Å². The summed E-state index contributed by atoms with van der Waals surface area (Å²) in [5.74, 6) is -1.21. The molecule has 0 bridgehead atoms. The molecular weight excluding hydrogens is 307 g/mol. The zero-order chi connectivity index (χ0) is 13.2. The van der Waals surface area contributed by atoms with Crippen LogP contribution in [0.25, 0.3) is 0 Å². The average Bonchev–Trinajstić information content (AvgIpc) is 2.14. The van der Waals surface area contributed by atoms with E-state index < -0.39 is 11.4 Å². The van der Waals surface area contributed by atoms with Gasteiger partial charge in [-0.05, 0) is 39.9 Å². The van der Waals surface area contributed by atoms with E-state index in [4.69, 9.17) is 5.11 Å². The Morgan fingerprint density at radius 1 is 1.53 bits per heavy atom. The molecule has 0 aromatic heterocycles. The maximum Gasteiger partial charge on any atom is 0.304 e. The Morgan fingerprint density at radius 3 is 2.53 bits per heavy atom. The number of rotatable bonds is 4. The first-order valence-electron chi connectivity index (χ1n) is 5.03. The third-order valence-electron chi connectivity index (χ3n) is 2.58. The van der Waals surface area contributed by atoms with Crippen molar-refractivity contribution in [2.45, 2.75) is 30.6 Å². The summed E-state index contributed by atoms with van der Waals surface area (Å²) in [6, 6.07) is 3.21. The Bertz CT molecular complexity index is 423. The van der Waals surface area contributed by atoms with E-state index in [1.165, 1.54) is 17.8 Å². The number of hydrogen-bond donors (Lipinski definition) is 1. The fourth-order valence-electron chi connectivity index (χ4n) is 1.63. The van der Waals surface area contributed by atoms with Gasteiger partial charge in [-0.3, -0.25) is 4.79 Å². The van der Waals surface area contributed by atoms with Gasteiger partial charge in [0, 0.05) is 9.89 Å². The number of hydrogen-bond acceptors (Lipinski definition) is 2. The van der Waals surface area contributed by atoms with Gasteiger partial charge in [0.15, 0.2) is 0 Å². The number of carbonyl (C=O) groups is 1. The monoisotopic (exact) mass is 320 g/mol. The van der Waals surface area contributed by atoms with Crippen LogP contribution in [0.4, 0.5) is 4.39 Å². The van der Waals surface area contributed by atoms with Gasteiger partial charge in [0.2, 0.25) is 0 Å². The zero-order valence-corrected chi connectivity index (χ0v) is 12.3. The summed E-state index contributed by atoms with van der Waals surface area (Å²) in [6.45, 7) is 3.59. The molecule has 0 amide bonds. The first-order chi connectivity index (χ1) is 7.77. The standard InChI is InChI=1S/C12H14BrFO2S/c1-12(2,6-10(15)16)7-4-8(13)11(17-3)9(14)5-7/h4-5H,6H2,1-3H3,(H,15,16). The van der Waals surface area contributed by atoms with Crippen LogP contribution in [0.3, 0.4) is 0 Å². The molecule has 0 aliphatic heterocycles. The van der Waals surface area contributed by atoms with E-state index in [2.05, 4.69) is 15.9 Å². The molecule has 0 aliphatic carbocycles. The van der Waals surface area contributed by atoms with Gasteiger partial charge in [0.05, 0.1) is 11.3 Å². The van der Waals surface area contributed by atoms with Crippen LogP contribution in [-0.2, 0) is 10.2 Å². The molecule has 1 aromatic carbocycles. The summed E-state index contributed by atoms with van der Waals surface area (Å²) < 4.78 is 14.4. The number of carboxylic acid groups (broad SMARTS) is 1. The number of benzene rings is 1. The predicted octanol–water partition coefficient (Wildman–Crippen LogP) is 4.06. The summed E-state index contributed by atoms with van der Waals surface area (Å²) in [6.07, 6.45) is 1.77. The number of aliphatic carboxylic acids is 1. The minimum Gasteiger partial charge on any atom is -0.481 e. The average molecular weight is 321 g/mol. The highest BCUT2D eigenvalue weighted by atomic mass is 79.9. The normalized spacial score (nSPS) is 11.6. The second-order valence-electron chi connectivity index (χ2n) is 4.43. The van der Waals surface area contributed by atoms with Crippen LogP contribution in [0.15, 0.2) is 21.5 Å². The van der Waals surface area contributed by atoms with E-state index in [0.717, 1.165) is 0 Å². The highest BCUT2D eigenvalue weighted by molar-refractivity contribution is 9.10. The van der Waals surface area contributed by atoms with Crippen LogP contribution in [0.2, 0.25) is 0 Å². The summed E-state index contributed by atoms with van der Waals surface area (Å²) >= 11 is 4.63. The van der Waals surface area contributed by atoms with E-state index in [9.17, 15) is 9.18 Å². The van der Waals surface area contributed by atoms with Crippen molar-refractivity contribution in [2.24, 2.45) is 0 Å². The van der Waals surface area contributed by atoms with Crippen LogP contribution >= 0.6 is 27.7 Å². The van der Waals surface area contributed by atoms with Crippen LogP contribution in [0.1, 0.15) is 25.8 Å². The molecule has 0 saturated heterocycles. The van der Waals surface area contributed by atoms with Crippen molar-refractivity contribution in [3.8, 4) is 0 Å². The molecule has 5 heteroatoms. The quantitative estimate of drug-likeness (QED) is 0.850. The molecule has 17 heavy (non-hydrogen) atoms. The van der Waals surface area contributed by atoms with Gasteiger partial charge in [-0.15, -0.1) is 11.8 Å². The summed E-state index contributed by atoms with van der Waals surface area (Å²) in [5.41, 5.74) is 0.0913. The summed E-state index contributed by atoms with van der Waals surface area (Å²) in [5, 5.41) is 8.84. The van der Waals surface area contributed by atoms with E-state index in [1.54, 1.807) is 26.2 Å². The number of halogens is 2. The minimum absolute atomic E-state index is 0.0303. The first-order valence-corrected chi connectivity index (χ1v) is 7.05. The topological polar surface area (TPSA) is 37.3 Å². The number of thioether (sulfide) groups is 1. The molecule has 0 heterocycles. The molecule has 94 valence electrons. The Balaban J connectivity index is 3.20. The van der Waals surface area contributed by atoms with Gasteiger partial charge < -0.3 is 5.11 Å². The van der Waals surface area contributed by atoms with Crippen LogP contribution < -0.4 is 0 Å². The lowest BCUT2D eigenvalue weighted by molar-refractivity contribution is -0.138. The van der Waals surface area contributed by atoms with Crippen molar-refractivity contribution < 1.29 is 14.3 Å². The van der Waals surface area contributed by atoms with Crippen molar-refractivity contribution in [3.05, 3.63) is 28.0 Å². The fraction of sp³-hybridized carbons (Fsp3) is 0.417. The van der Waals surface area contributed by atoms with E-state index in [0.29, 0.717) is 14.9 Å². The molecule has 0 atom stereocenters. The first kappa shape index (κ1) is 14.5. The fourth-order valence-corrected chi connectivity index (χ4v) is 3.06. The van der Waals surface area contributed by atoms with Crippen LogP contribution in [-0.4, -0.2) is 17.3 Å². The lowest BCUT2D eigenvalue weighted by Crippen LogP contribution is -2.22. The maximum atomic E-state index is 13.8. The van der Waals surface area contributed by atoms with Gasteiger partial charge in [0.25, 0.3) is 0 Å². The largest absolute Gasteiger partial charge is 0.481 e. The molecule has 0 aliphatic rings. The second kappa shape index (κ2) is 5.40. The molecule has 1 N–H and O–H groups in total. The van der Waals surface area contributed by atoms with Crippen molar-refractivity contribution in [1.82, 2.24) is 0 Å². The van der Waals surface area contributed by atoms with Crippen molar-refractivity contribution in [2.75, 3.05) is 6.26 Å². The molecule has 0 unspecified atom stereocenters. The van der Waals surface area contributed by atoms with Gasteiger partial charge in [-0.1, -0.05) is 13.8 Å². The lowest BCUT2D eigenvalue weighted by Gasteiger charge is -2.24. The van der Waals surface area contributed by atoms with E-state index in [-0.39, 0.29) is 12.2 Å². The zero-order valence-electron chi connectivity index (χ0n) is 9.88. The molecule has 0 spiro atoms. The maximum absolute atomic E-state index is 13.8. The van der Waals surface area contributed by atoms with Crippen molar-refractivity contribution in [3.63, 3.8) is 0 Å². The van der Waals surface area contributed by atoms with E-state index in [1.807, 2.05) is 0 Å². The smallest absolute Gasteiger partial charge is 0.304 e. The Morgan fingerprint density at radius 2 is 2.12 bits per heavy atom. The van der Waals surface area contributed by atoms with E-state index >= 15 is 0 Å². The SMILES string of the molecule is CSc1c(F)cc(C(C)(C)CC(=O)O)cc1Br. The molecule has 2 nitrogen and oxygen atoms in total. The van der Waals surface area contributed by atoms with Gasteiger partial charge in [0.1, 0.15) is 5.82 Å². The third-order valence-corrected chi connectivity index (χ3v) is 4.29. The van der Waals surface area contributed by atoms with Crippen molar-refractivity contribution >= 4 is 33.7 Å². The second-order valence-corrected chi connectivity index (χ2v) is 6.10.